The number of anilines is 1. The maximum atomic E-state index is 13.4. The van der Waals surface area contributed by atoms with Crippen molar-refractivity contribution in [1.29, 1.82) is 0 Å². The maximum Gasteiger partial charge on any atom is 0.243 e. The Balaban J connectivity index is 2.30. The van der Waals surface area contributed by atoms with Crippen molar-refractivity contribution in [2.75, 3.05) is 5.73 Å². The number of hydrogen-bond acceptors (Lipinski definition) is 3. The van der Waals surface area contributed by atoms with E-state index in [0.29, 0.717) is 0 Å². The molecule has 0 aliphatic heterocycles. The van der Waals surface area contributed by atoms with Crippen molar-refractivity contribution in [2.45, 2.75) is 17.9 Å². The number of halogens is 1. The highest BCUT2D eigenvalue weighted by Crippen LogP contribution is 2.23. The van der Waals surface area contributed by atoms with E-state index >= 15 is 0 Å². The van der Waals surface area contributed by atoms with Gasteiger partial charge in [0.2, 0.25) is 10.0 Å². The van der Waals surface area contributed by atoms with E-state index in [1.54, 1.807) is 6.92 Å². The highest BCUT2D eigenvalue weighted by atomic mass is 32.2. The average Bonchev–Trinajstić information content (AvgIpc) is 2.42. The fraction of sp³-hybridized carbons (Fsp3) is 0.143. The van der Waals surface area contributed by atoms with Gasteiger partial charge in [-0.15, -0.1) is 0 Å². The molecule has 1 atom stereocenters. The molecular weight excluding hydrogens is 279 g/mol. The Morgan fingerprint density at radius 1 is 1.10 bits per heavy atom. The van der Waals surface area contributed by atoms with Crippen LogP contribution in [0.15, 0.2) is 53.4 Å². The number of para-hydroxylation sites is 1. The molecule has 2 rings (SSSR count). The second kappa shape index (κ2) is 5.60. The van der Waals surface area contributed by atoms with E-state index in [0.717, 1.165) is 11.6 Å². The Bertz CT molecular complexity index is 702. The molecule has 0 amide bonds. The zero-order valence-corrected chi connectivity index (χ0v) is 11.7. The molecule has 0 aliphatic carbocycles. The minimum absolute atomic E-state index is 0.250. The lowest BCUT2D eigenvalue weighted by Gasteiger charge is -2.15. The van der Waals surface area contributed by atoms with Crippen LogP contribution in [0.1, 0.15) is 18.5 Å². The Morgan fingerprint density at radius 3 is 2.40 bits per heavy atom. The SMILES string of the molecule is CC(NS(=O)(=O)c1cccc(F)c1N)c1ccccc1. The van der Waals surface area contributed by atoms with Gasteiger partial charge in [-0.1, -0.05) is 36.4 Å². The van der Waals surface area contributed by atoms with Crippen molar-refractivity contribution in [1.82, 2.24) is 4.72 Å². The fourth-order valence-electron chi connectivity index (χ4n) is 1.86. The number of benzene rings is 2. The van der Waals surface area contributed by atoms with Crippen LogP contribution in [-0.4, -0.2) is 8.42 Å². The normalized spacial score (nSPS) is 13.1. The van der Waals surface area contributed by atoms with Crippen LogP contribution in [0.25, 0.3) is 0 Å². The van der Waals surface area contributed by atoms with Gasteiger partial charge in [0.05, 0.1) is 5.69 Å². The summed E-state index contributed by atoms with van der Waals surface area (Å²) in [6.45, 7) is 1.71. The Hall–Kier alpha value is -1.92. The molecule has 2 aromatic rings. The van der Waals surface area contributed by atoms with Gasteiger partial charge in [0.1, 0.15) is 10.7 Å². The molecule has 1 unspecified atom stereocenters. The van der Waals surface area contributed by atoms with E-state index in [-0.39, 0.29) is 10.6 Å². The standard InChI is InChI=1S/C14H15FN2O2S/c1-10(11-6-3-2-4-7-11)17-20(18,19)13-9-5-8-12(15)14(13)16/h2-10,17H,16H2,1H3. The van der Waals surface area contributed by atoms with Gasteiger partial charge in [0.25, 0.3) is 0 Å². The van der Waals surface area contributed by atoms with Gasteiger partial charge < -0.3 is 5.73 Å². The lowest BCUT2D eigenvalue weighted by Crippen LogP contribution is -2.27. The van der Waals surface area contributed by atoms with E-state index < -0.39 is 21.9 Å². The third-order valence-corrected chi connectivity index (χ3v) is 4.53. The van der Waals surface area contributed by atoms with Crippen molar-refractivity contribution in [3.63, 3.8) is 0 Å². The lowest BCUT2D eigenvalue weighted by molar-refractivity contribution is 0.565. The number of nitrogens with two attached hydrogens (primary N) is 1. The third-order valence-electron chi connectivity index (χ3n) is 2.93. The predicted octanol–water partition coefficient (Wildman–Crippen LogP) is 2.45. The molecule has 6 heteroatoms. The van der Waals surface area contributed by atoms with Crippen molar-refractivity contribution in [3.05, 3.63) is 59.9 Å². The summed E-state index contributed by atoms with van der Waals surface area (Å²) in [4.78, 5) is -0.250. The molecular formula is C14H15FN2O2S. The number of rotatable bonds is 4. The van der Waals surface area contributed by atoms with Gasteiger partial charge in [0, 0.05) is 6.04 Å². The number of nitrogen functional groups attached to an aromatic ring is 1. The topological polar surface area (TPSA) is 72.2 Å². The van der Waals surface area contributed by atoms with Crippen molar-refractivity contribution >= 4 is 15.7 Å². The maximum absolute atomic E-state index is 13.4. The van der Waals surface area contributed by atoms with E-state index in [1.807, 2.05) is 30.3 Å². The molecule has 4 nitrogen and oxygen atoms in total. The molecule has 0 spiro atoms. The van der Waals surface area contributed by atoms with E-state index in [9.17, 15) is 12.8 Å². The van der Waals surface area contributed by atoms with E-state index in [2.05, 4.69) is 4.72 Å². The van der Waals surface area contributed by atoms with Crippen molar-refractivity contribution < 1.29 is 12.8 Å². The summed E-state index contributed by atoms with van der Waals surface area (Å²) < 4.78 is 40.3. The molecule has 0 radical (unpaired) electrons. The molecule has 0 aromatic heterocycles. The minimum atomic E-state index is -3.88. The zero-order valence-electron chi connectivity index (χ0n) is 10.9. The van der Waals surface area contributed by atoms with Crippen LogP contribution in [-0.2, 0) is 10.0 Å². The van der Waals surface area contributed by atoms with Crippen LogP contribution >= 0.6 is 0 Å². The third kappa shape index (κ3) is 2.97. The average molecular weight is 294 g/mol. The van der Waals surface area contributed by atoms with Gasteiger partial charge in [-0.3, -0.25) is 0 Å². The minimum Gasteiger partial charge on any atom is -0.395 e. The van der Waals surface area contributed by atoms with Crippen molar-refractivity contribution in [3.8, 4) is 0 Å². The first-order valence-electron chi connectivity index (χ1n) is 6.03. The molecule has 0 aliphatic rings. The van der Waals surface area contributed by atoms with Gasteiger partial charge in [-0.25, -0.2) is 17.5 Å². The van der Waals surface area contributed by atoms with Crippen LogP contribution in [0.5, 0.6) is 0 Å². The second-order valence-corrected chi connectivity index (χ2v) is 6.09. The summed E-state index contributed by atoms with van der Waals surface area (Å²) in [6, 6.07) is 12.4. The Kier molecular flexibility index (Phi) is 4.06. The van der Waals surface area contributed by atoms with Crippen LogP contribution in [0.2, 0.25) is 0 Å². The predicted molar refractivity (Wildman–Crippen MR) is 76.0 cm³/mol. The molecule has 2 aromatic carbocycles. The molecule has 20 heavy (non-hydrogen) atoms. The van der Waals surface area contributed by atoms with Crippen LogP contribution < -0.4 is 10.5 Å². The number of nitrogens with one attached hydrogen (secondary N) is 1. The summed E-state index contributed by atoms with van der Waals surface area (Å²) in [5, 5.41) is 0. The first kappa shape index (κ1) is 14.5. The quantitative estimate of drug-likeness (QED) is 0.851. The Morgan fingerprint density at radius 2 is 1.75 bits per heavy atom. The van der Waals surface area contributed by atoms with Crippen LogP contribution in [0, 0.1) is 5.82 Å². The molecule has 0 saturated carbocycles. The summed E-state index contributed by atoms with van der Waals surface area (Å²) in [6.07, 6.45) is 0. The highest BCUT2D eigenvalue weighted by molar-refractivity contribution is 7.89. The molecule has 0 heterocycles. The lowest BCUT2D eigenvalue weighted by atomic mass is 10.1. The molecule has 0 saturated heterocycles. The Labute approximate surface area is 117 Å². The molecule has 0 fully saturated rings. The van der Waals surface area contributed by atoms with E-state index in [1.165, 1.54) is 12.1 Å². The first-order chi connectivity index (χ1) is 9.42. The second-order valence-electron chi connectivity index (χ2n) is 4.41. The number of hydrogen-bond donors (Lipinski definition) is 2. The summed E-state index contributed by atoms with van der Waals surface area (Å²) in [5.74, 6) is -0.750. The van der Waals surface area contributed by atoms with Gasteiger partial charge in [-0.05, 0) is 24.6 Å². The molecule has 0 bridgehead atoms. The van der Waals surface area contributed by atoms with Gasteiger partial charge in [-0.2, -0.15) is 0 Å². The molecule has 106 valence electrons. The smallest absolute Gasteiger partial charge is 0.243 e. The monoisotopic (exact) mass is 294 g/mol. The van der Waals surface area contributed by atoms with Crippen LogP contribution in [0.4, 0.5) is 10.1 Å². The first-order valence-corrected chi connectivity index (χ1v) is 7.51. The summed E-state index contributed by atoms with van der Waals surface area (Å²) in [5.41, 5.74) is 5.93. The fourth-order valence-corrected chi connectivity index (χ4v) is 3.23. The summed E-state index contributed by atoms with van der Waals surface area (Å²) >= 11 is 0. The van der Waals surface area contributed by atoms with Gasteiger partial charge >= 0.3 is 0 Å². The molecule has 3 N–H and O–H groups in total. The highest BCUT2D eigenvalue weighted by Gasteiger charge is 2.22. The zero-order chi connectivity index (χ0) is 14.8. The van der Waals surface area contributed by atoms with Gasteiger partial charge in [0.15, 0.2) is 0 Å². The van der Waals surface area contributed by atoms with Crippen molar-refractivity contribution in [2.24, 2.45) is 0 Å². The largest absolute Gasteiger partial charge is 0.395 e. The summed E-state index contributed by atoms with van der Waals surface area (Å²) in [7, 11) is -3.88. The van der Waals surface area contributed by atoms with E-state index in [4.69, 9.17) is 5.73 Å². The number of sulfonamides is 1. The van der Waals surface area contributed by atoms with Crippen LogP contribution in [0.3, 0.4) is 0 Å².